The van der Waals surface area contributed by atoms with Crippen LogP contribution in [0.3, 0.4) is 0 Å². The van der Waals surface area contributed by atoms with Gasteiger partial charge in [-0.1, -0.05) is 94.0 Å². The number of amides is 1. The summed E-state index contributed by atoms with van der Waals surface area (Å²) in [6, 6.07) is 20.9. The van der Waals surface area contributed by atoms with Crippen molar-refractivity contribution in [2.45, 2.75) is 70.9 Å². The molecule has 2 atom stereocenters. The van der Waals surface area contributed by atoms with E-state index in [2.05, 4.69) is 46.6 Å². The van der Waals surface area contributed by atoms with Crippen LogP contribution in [-0.2, 0) is 6.54 Å². The van der Waals surface area contributed by atoms with Gasteiger partial charge in [0.2, 0.25) is 0 Å². The normalized spacial score (nSPS) is 20.4. The molecule has 4 heteroatoms. The smallest absolute Gasteiger partial charge is 0.282 e. The van der Waals surface area contributed by atoms with Crippen LogP contribution in [0.25, 0.3) is 10.9 Å². The molecule has 164 valence electrons. The largest absolute Gasteiger partial charge is 0.332 e. The summed E-state index contributed by atoms with van der Waals surface area (Å²) in [4.78, 5) is 13.2. The van der Waals surface area contributed by atoms with Gasteiger partial charge in [0, 0.05) is 23.5 Å². The molecular weight excluding hydrogens is 382 g/mol. The summed E-state index contributed by atoms with van der Waals surface area (Å²) in [5, 5.41) is 1.09. The Bertz CT molecular complexity index is 979. The van der Waals surface area contributed by atoms with Gasteiger partial charge in [0.15, 0.2) is 0 Å². The number of fused-ring (bicyclic) bond motifs is 1. The average molecular weight is 418 g/mol. The van der Waals surface area contributed by atoms with E-state index in [1.54, 1.807) is 0 Å². The van der Waals surface area contributed by atoms with Crippen molar-refractivity contribution in [3.05, 3.63) is 71.9 Å². The van der Waals surface area contributed by atoms with Crippen molar-refractivity contribution in [1.82, 2.24) is 15.4 Å². The maximum absolute atomic E-state index is 13.2. The second kappa shape index (κ2) is 10.6. The minimum atomic E-state index is -0.0578. The van der Waals surface area contributed by atoms with E-state index in [0.29, 0.717) is 18.3 Å². The standard InChI is InChI=1S/C27H35N3O/c1-21-11-4-2-7-16-24(17-10-12-21)28-29-27(31)26-19-23-15-8-9-18-25(23)30(26)20-22-13-5-3-6-14-22/h3,5-6,8-9,13-15,18-19,21,24,28H,2,4,7,10-12,16-17,20H2,1H3,(H,29,31). The fraction of sp³-hybridized carbons (Fsp3) is 0.444. The van der Waals surface area contributed by atoms with Crippen molar-refractivity contribution >= 4 is 16.8 Å². The van der Waals surface area contributed by atoms with Crippen molar-refractivity contribution in [2.75, 3.05) is 0 Å². The topological polar surface area (TPSA) is 46.1 Å². The maximum Gasteiger partial charge on any atom is 0.282 e. The third kappa shape index (κ3) is 5.76. The molecule has 1 heterocycles. The number of hydrazine groups is 1. The molecule has 2 aromatic carbocycles. The highest BCUT2D eigenvalue weighted by Crippen LogP contribution is 2.23. The van der Waals surface area contributed by atoms with Gasteiger partial charge >= 0.3 is 0 Å². The molecule has 0 radical (unpaired) electrons. The Morgan fingerprint density at radius 2 is 1.61 bits per heavy atom. The van der Waals surface area contributed by atoms with Crippen molar-refractivity contribution in [1.29, 1.82) is 0 Å². The zero-order valence-electron chi connectivity index (χ0n) is 18.6. The monoisotopic (exact) mass is 417 g/mol. The summed E-state index contributed by atoms with van der Waals surface area (Å²) in [7, 11) is 0. The number of para-hydroxylation sites is 1. The maximum atomic E-state index is 13.2. The third-order valence-corrected chi connectivity index (χ3v) is 6.62. The van der Waals surface area contributed by atoms with Crippen LogP contribution in [0, 0.1) is 5.92 Å². The molecule has 1 saturated carbocycles. The highest BCUT2D eigenvalue weighted by Gasteiger charge is 2.18. The fourth-order valence-electron chi connectivity index (χ4n) is 4.77. The van der Waals surface area contributed by atoms with E-state index in [9.17, 15) is 4.79 Å². The highest BCUT2D eigenvalue weighted by atomic mass is 16.2. The van der Waals surface area contributed by atoms with Crippen LogP contribution in [-0.4, -0.2) is 16.5 Å². The van der Waals surface area contributed by atoms with E-state index in [0.717, 1.165) is 29.7 Å². The summed E-state index contributed by atoms with van der Waals surface area (Å²) in [5.41, 5.74) is 9.39. The first kappa shape index (κ1) is 21.6. The van der Waals surface area contributed by atoms with E-state index < -0.39 is 0 Å². The molecular formula is C27H35N3O. The number of rotatable bonds is 5. The SMILES string of the molecule is CC1CCCCCC(NNC(=O)c2cc3ccccc3n2Cc2ccccc2)CCC1. The number of benzene rings is 2. The average Bonchev–Trinajstić information content (AvgIpc) is 3.16. The summed E-state index contributed by atoms with van der Waals surface area (Å²) in [6.07, 6.45) is 9.98. The van der Waals surface area contributed by atoms with Crippen LogP contribution in [0.5, 0.6) is 0 Å². The number of aromatic nitrogens is 1. The summed E-state index contributed by atoms with van der Waals surface area (Å²) in [6.45, 7) is 3.05. The van der Waals surface area contributed by atoms with E-state index in [-0.39, 0.29) is 5.91 Å². The van der Waals surface area contributed by atoms with Crippen molar-refractivity contribution in [2.24, 2.45) is 5.92 Å². The Kier molecular flexibility index (Phi) is 7.42. The van der Waals surface area contributed by atoms with Crippen molar-refractivity contribution < 1.29 is 4.79 Å². The quantitative estimate of drug-likeness (QED) is 0.495. The lowest BCUT2D eigenvalue weighted by Crippen LogP contribution is -2.45. The predicted octanol–water partition coefficient (Wildman–Crippen LogP) is 6.06. The summed E-state index contributed by atoms with van der Waals surface area (Å²) in [5.74, 6) is 0.764. The first-order chi connectivity index (χ1) is 15.2. The molecule has 1 amide bonds. The number of hydrogen-bond acceptors (Lipinski definition) is 2. The van der Waals surface area contributed by atoms with Gasteiger partial charge in [-0.25, -0.2) is 5.43 Å². The lowest BCUT2D eigenvalue weighted by molar-refractivity contribution is 0.0913. The Morgan fingerprint density at radius 3 is 2.48 bits per heavy atom. The number of nitrogens with one attached hydrogen (secondary N) is 2. The van der Waals surface area contributed by atoms with Crippen LogP contribution >= 0.6 is 0 Å². The van der Waals surface area contributed by atoms with Crippen LogP contribution in [0.15, 0.2) is 60.7 Å². The molecule has 2 N–H and O–H groups in total. The zero-order valence-corrected chi connectivity index (χ0v) is 18.6. The Labute approximate surface area is 186 Å². The number of carbonyl (C=O) groups is 1. The first-order valence-electron chi connectivity index (χ1n) is 11.9. The molecule has 1 aliphatic rings. The van der Waals surface area contributed by atoms with Gasteiger partial charge in [-0.05, 0) is 36.5 Å². The number of hydrogen-bond donors (Lipinski definition) is 2. The molecule has 1 fully saturated rings. The molecule has 2 unspecified atom stereocenters. The molecule has 0 aliphatic heterocycles. The third-order valence-electron chi connectivity index (χ3n) is 6.62. The number of nitrogens with zero attached hydrogens (tertiary/aromatic N) is 1. The van der Waals surface area contributed by atoms with Crippen molar-refractivity contribution in [3.8, 4) is 0 Å². The van der Waals surface area contributed by atoms with Gasteiger partial charge in [-0.2, -0.15) is 0 Å². The molecule has 31 heavy (non-hydrogen) atoms. The van der Waals surface area contributed by atoms with Crippen LogP contribution in [0.1, 0.15) is 74.3 Å². The minimum Gasteiger partial charge on any atom is -0.332 e. The predicted molar refractivity (Wildman–Crippen MR) is 128 cm³/mol. The molecule has 1 aromatic heterocycles. The first-order valence-corrected chi connectivity index (χ1v) is 11.9. The summed E-state index contributed by atoms with van der Waals surface area (Å²) >= 11 is 0. The molecule has 4 nitrogen and oxygen atoms in total. The Morgan fingerprint density at radius 1 is 0.903 bits per heavy atom. The number of carbonyl (C=O) groups excluding carboxylic acids is 1. The van der Waals surface area contributed by atoms with Gasteiger partial charge < -0.3 is 4.57 Å². The van der Waals surface area contributed by atoms with Gasteiger partial charge in [0.25, 0.3) is 5.91 Å². The lowest BCUT2D eigenvalue weighted by atomic mass is 9.92. The lowest BCUT2D eigenvalue weighted by Gasteiger charge is -2.22. The molecule has 3 aromatic rings. The van der Waals surface area contributed by atoms with Gasteiger partial charge in [0.1, 0.15) is 5.69 Å². The highest BCUT2D eigenvalue weighted by molar-refractivity contribution is 5.98. The zero-order chi connectivity index (χ0) is 21.5. The van der Waals surface area contributed by atoms with Crippen LogP contribution < -0.4 is 10.9 Å². The second-order valence-electron chi connectivity index (χ2n) is 9.13. The molecule has 1 aliphatic carbocycles. The van der Waals surface area contributed by atoms with Gasteiger partial charge in [0.05, 0.1) is 0 Å². The van der Waals surface area contributed by atoms with E-state index in [1.807, 2.05) is 36.4 Å². The van der Waals surface area contributed by atoms with E-state index >= 15 is 0 Å². The summed E-state index contributed by atoms with van der Waals surface area (Å²) < 4.78 is 2.12. The van der Waals surface area contributed by atoms with Gasteiger partial charge in [-0.15, -0.1) is 0 Å². The second-order valence-corrected chi connectivity index (χ2v) is 9.13. The molecule has 0 spiro atoms. The van der Waals surface area contributed by atoms with Crippen LogP contribution in [0.4, 0.5) is 0 Å². The molecule has 0 bridgehead atoms. The Balaban J connectivity index is 1.47. The van der Waals surface area contributed by atoms with Gasteiger partial charge in [-0.3, -0.25) is 10.2 Å². The van der Waals surface area contributed by atoms with Crippen molar-refractivity contribution in [3.63, 3.8) is 0 Å². The molecule has 4 rings (SSSR count). The minimum absolute atomic E-state index is 0.0578. The van der Waals surface area contributed by atoms with E-state index in [4.69, 9.17) is 0 Å². The Hall–Kier alpha value is -2.59. The fourth-order valence-corrected chi connectivity index (χ4v) is 4.77. The van der Waals surface area contributed by atoms with E-state index in [1.165, 1.54) is 44.1 Å². The van der Waals surface area contributed by atoms with Crippen LogP contribution in [0.2, 0.25) is 0 Å². The molecule has 0 saturated heterocycles.